The van der Waals surface area contributed by atoms with Gasteiger partial charge in [-0.1, -0.05) is 42.5 Å². The van der Waals surface area contributed by atoms with Crippen molar-refractivity contribution in [2.45, 2.75) is 0 Å². The van der Waals surface area contributed by atoms with Gasteiger partial charge in [-0.15, -0.1) is 0 Å². The second kappa shape index (κ2) is 4.99. The minimum Gasteiger partial charge on any atom is -0.504 e. The van der Waals surface area contributed by atoms with Crippen molar-refractivity contribution in [1.82, 2.24) is 0 Å². The highest BCUT2D eigenvalue weighted by atomic mass is 16.5. The van der Waals surface area contributed by atoms with E-state index in [4.69, 9.17) is 4.74 Å². The Bertz CT molecular complexity index is 966. The van der Waals surface area contributed by atoms with Crippen LogP contribution in [0.15, 0.2) is 60.4 Å². The summed E-state index contributed by atoms with van der Waals surface area (Å²) in [6, 6.07) is 17.3. The van der Waals surface area contributed by atoms with E-state index in [-0.39, 0.29) is 11.5 Å². The van der Waals surface area contributed by atoms with E-state index in [1.54, 1.807) is 7.11 Å². The molecule has 0 spiro atoms. The first-order chi connectivity index (χ1) is 11.2. The number of hydrogen-bond acceptors (Lipinski definition) is 3. The second-order valence-corrected chi connectivity index (χ2v) is 5.52. The number of carbonyl (C=O) groups excluding carboxylic acids is 1. The van der Waals surface area contributed by atoms with Crippen LogP contribution in [-0.2, 0) is 0 Å². The first-order valence-electron chi connectivity index (χ1n) is 7.34. The highest BCUT2D eigenvalue weighted by molar-refractivity contribution is 6.24. The number of aliphatic hydroxyl groups is 1. The number of methoxy groups -OCH3 is 1. The Hall–Kier alpha value is -3.07. The number of carbonyl (C=O) groups is 1. The molecule has 0 radical (unpaired) electrons. The molecule has 1 aliphatic rings. The molecule has 23 heavy (non-hydrogen) atoms. The molecule has 0 saturated heterocycles. The third-order valence-electron chi connectivity index (χ3n) is 4.23. The summed E-state index contributed by atoms with van der Waals surface area (Å²) in [5.74, 6) is 0.212. The van der Waals surface area contributed by atoms with Crippen LogP contribution >= 0.6 is 0 Å². The molecule has 112 valence electrons. The molecule has 0 heterocycles. The van der Waals surface area contributed by atoms with Crippen LogP contribution < -0.4 is 4.74 Å². The lowest BCUT2D eigenvalue weighted by Crippen LogP contribution is -2.10. The van der Waals surface area contributed by atoms with Crippen molar-refractivity contribution in [1.29, 1.82) is 0 Å². The van der Waals surface area contributed by atoms with Crippen LogP contribution in [0.2, 0.25) is 0 Å². The van der Waals surface area contributed by atoms with Gasteiger partial charge in [0.1, 0.15) is 5.75 Å². The fourth-order valence-electron chi connectivity index (χ4n) is 3.12. The maximum atomic E-state index is 12.6. The number of hydrogen-bond donors (Lipinski definition) is 1. The molecule has 3 aromatic rings. The Kier molecular flexibility index (Phi) is 2.95. The van der Waals surface area contributed by atoms with Gasteiger partial charge in [-0.05, 0) is 40.3 Å². The van der Waals surface area contributed by atoms with Gasteiger partial charge >= 0.3 is 0 Å². The van der Waals surface area contributed by atoms with Crippen LogP contribution in [0.1, 0.15) is 15.9 Å². The lowest BCUT2D eigenvalue weighted by Gasteiger charge is -2.18. The molecule has 3 heteroatoms. The number of allylic oxidation sites excluding steroid dienone is 1. The molecule has 0 aliphatic heterocycles. The minimum absolute atomic E-state index is 0.217. The van der Waals surface area contributed by atoms with Crippen LogP contribution in [0.25, 0.3) is 28.0 Å². The van der Waals surface area contributed by atoms with Crippen molar-refractivity contribution in [3.8, 4) is 16.9 Å². The zero-order valence-corrected chi connectivity index (χ0v) is 12.5. The lowest BCUT2D eigenvalue weighted by molar-refractivity contribution is 0.0981. The molecule has 4 rings (SSSR count). The van der Waals surface area contributed by atoms with Gasteiger partial charge < -0.3 is 9.84 Å². The van der Waals surface area contributed by atoms with E-state index in [0.29, 0.717) is 5.56 Å². The van der Waals surface area contributed by atoms with Crippen LogP contribution in [-0.4, -0.2) is 18.0 Å². The molecule has 0 bridgehead atoms. The fraction of sp³-hybridized carbons (Fsp3) is 0.0500. The maximum absolute atomic E-state index is 12.6. The van der Waals surface area contributed by atoms with Crippen molar-refractivity contribution in [3.05, 3.63) is 71.5 Å². The van der Waals surface area contributed by atoms with E-state index >= 15 is 0 Å². The van der Waals surface area contributed by atoms with Crippen LogP contribution in [0.3, 0.4) is 0 Å². The zero-order valence-electron chi connectivity index (χ0n) is 12.5. The van der Waals surface area contributed by atoms with E-state index in [1.165, 1.54) is 6.08 Å². The summed E-state index contributed by atoms with van der Waals surface area (Å²) in [7, 11) is 1.62. The van der Waals surface area contributed by atoms with Gasteiger partial charge in [0.05, 0.1) is 7.11 Å². The summed E-state index contributed by atoms with van der Waals surface area (Å²) in [6.45, 7) is 0. The Balaban J connectivity index is 2.03. The number of aliphatic hydroxyl groups excluding tert-OH is 1. The number of ether oxygens (including phenoxy) is 1. The Morgan fingerprint density at radius 2 is 1.74 bits per heavy atom. The van der Waals surface area contributed by atoms with Crippen molar-refractivity contribution in [2.75, 3.05) is 7.11 Å². The first kappa shape index (κ1) is 13.6. The van der Waals surface area contributed by atoms with Crippen molar-refractivity contribution >= 4 is 22.6 Å². The number of Topliss-reactive ketones (excluding diaryl/α,β-unsaturated/α-hetero) is 1. The predicted octanol–water partition coefficient (Wildman–Crippen LogP) is 4.61. The van der Waals surface area contributed by atoms with Gasteiger partial charge in [-0.2, -0.15) is 0 Å². The smallest absolute Gasteiger partial charge is 0.228 e. The second-order valence-electron chi connectivity index (χ2n) is 5.52. The third kappa shape index (κ3) is 2.01. The monoisotopic (exact) mass is 302 g/mol. The van der Waals surface area contributed by atoms with Crippen LogP contribution in [0.4, 0.5) is 0 Å². The quantitative estimate of drug-likeness (QED) is 0.752. The highest BCUT2D eigenvalue weighted by Gasteiger charge is 2.25. The fourth-order valence-corrected chi connectivity index (χ4v) is 3.12. The molecule has 3 nitrogen and oxygen atoms in total. The molecule has 0 unspecified atom stereocenters. The van der Waals surface area contributed by atoms with Gasteiger partial charge in [0, 0.05) is 10.9 Å². The summed E-state index contributed by atoms with van der Waals surface area (Å²) in [6.07, 6.45) is 1.54. The molecule has 0 aromatic heterocycles. The Labute approximate surface area is 133 Å². The number of rotatable bonds is 2. The van der Waals surface area contributed by atoms with Gasteiger partial charge in [0.25, 0.3) is 0 Å². The topological polar surface area (TPSA) is 46.5 Å². The number of benzene rings is 3. The van der Waals surface area contributed by atoms with E-state index in [9.17, 15) is 9.90 Å². The molecular weight excluding hydrogens is 288 g/mol. The molecule has 3 aromatic carbocycles. The largest absolute Gasteiger partial charge is 0.504 e. The SMILES string of the molecule is COc1ccc(-c2ccc3cccc4c3c2C(=O)C(O)=C4)cc1. The summed E-state index contributed by atoms with van der Waals surface area (Å²) < 4.78 is 5.18. The first-order valence-corrected chi connectivity index (χ1v) is 7.34. The normalized spacial score (nSPS) is 13.1. The van der Waals surface area contributed by atoms with Gasteiger partial charge in [0.15, 0.2) is 5.76 Å². The van der Waals surface area contributed by atoms with E-state index < -0.39 is 0 Å². The van der Waals surface area contributed by atoms with Gasteiger partial charge in [0.2, 0.25) is 5.78 Å². The predicted molar refractivity (Wildman–Crippen MR) is 90.9 cm³/mol. The lowest BCUT2D eigenvalue weighted by atomic mass is 9.86. The van der Waals surface area contributed by atoms with Gasteiger partial charge in [-0.3, -0.25) is 4.79 Å². The van der Waals surface area contributed by atoms with E-state index in [2.05, 4.69) is 0 Å². The summed E-state index contributed by atoms with van der Waals surface area (Å²) in [4.78, 5) is 12.6. The summed E-state index contributed by atoms with van der Waals surface area (Å²) >= 11 is 0. The average Bonchev–Trinajstić information content (AvgIpc) is 2.59. The molecule has 1 aliphatic carbocycles. The molecule has 1 N–H and O–H groups in total. The molecular formula is C20H14O3. The third-order valence-corrected chi connectivity index (χ3v) is 4.23. The molecule has 0 amide bonds. The summed E-state index contributed by atoms with van der Waals surface area (Å²) in [5.41, 5.74) is 3.16. The minimum atomic E-state index is -0.333. The van der Waals surface area contributed by atoms with E-state index in [0.717, 1.165) is 33.2 Å². The molecule has 0 atom stereocenters. The molecule has 0 fully saturated rings. The van der Waals surface area contributed by atoms with Gasteiger partial charge in [-0.25, -0.2) is 0 Å². The van der Waals surface area contributed by atoms with Crippen molar-refractivity contribution in [2.24, 2.45) is 0 Å². The molecule has 0 saturated carbocycles. The standard InChI is InChI=1S/C20H14O3/c1-23-15-8-5-12(6-9-15)16-10-7-13-3-2-4-14-11-17(21)20(22)19(16)18(13)14/h2-11,21H,1H3. The van der Waals surface area contributed by atoms with Crippen LogP contribution in [0.5, 0.6) is 5.75 Å². The number of ketones is 1. The maximum Gasteiger partial charge on any atom is 0.228 e. The van der Waals surface area contributed by atoms with E-state index in [1.807, 2.05) is 54.6 Å². The highest BCUT2D eigenvalue weighted by Crippen LogP contribution is 2.37. The van der Waals surface area contributed by atoms with Crippen LogP contribution in [0, 0.1) is 0 Å². The zero-order chi connectivity index (χ0) is 16.0. The average molecular weight is 302 g/mol. The van der Waals surface area contributed by atoms with Crippen molar-refractivity contribution < 1.29 is 14.6 Å². The van der Waals surface area contributed by atoms with Crippen molar-refractivity contribution in [3.63, 3.8) is 0 Å². The summed E-state index contributed by atoms with van der Waals surface area (Å²) in [5, 5.41) is 11.9. The Morgan fingerprint density at radius 1 is 0.957 bits per heavy atom. The Morgan fingerprint density at radius 3 is 2.48 bits per heavy atom.